The second-order valence-corrected chi connectivity index (χ2v) is 14.1. The molecule has 240 valence electrons. The monoisotopic (exact) mass is 650 g/mol. The Morgan fingerprint density at radius 2 is 1.22 bits per heavy atom. The minimum atomic E-state index is -0.402. The van der Waals surface area contributed by atoms with Gasteiger partial charge in [-0.2, -0.15) is 0 Å². The average molecular weight is 651 g/mol. The van der Waals surface area contributed by atoms with Crippen LogP contribution < -0.4 is 0 Å². The van der Waals surface area contributed by atoms with E-state index in [-0.39, 0.29) is 0 Å². The van der Waals surface area contributed by atoms with Crippen molar-refractivity contribution in [1.82, 2.24) is 9.55 Å². The quantitative estimate of drug-likeness (QED) is 0.185. The molecular weight excluding hydrogens is 617 g/mol. The third kappa shape index (κ3) is 3.80. The fraction of sp³-hybridized carbons (Fsp3) is 0.0816. The lowest BCUT2D eigenvalue weighted by Gasteiger charge is -2.31. The lowest BCUT2D eigenvalue weighted by atomic mass is 9.69. The largest absolute Gasteiger partial charge is 0.324 e. The van der Waals surface area contributed by atoms with Crippen LogP contribution in [-0.4, -0.2) is 9.55 Å². The molecule has 1 aromatic heterocycles. The second kappa shape index (κ2) is 10.6. The van der Waals surface area contributed by atoms with Crippen LogP contribution in [0.4, 0.5) is 0 Å². The van der Waals surface area contributed by atoms with Crippen LogP contribution in [-0.2, 0) is 12.0 Å². The number of para-hydroxylation sites is 2. The van der Waals surface area contributed by atoms with Crippen molar-refractivity contribution < 1.29 is 0 Å². The maximum atomic E-state index is 5.11. The Morgan fingerprint density at radius 3 is 2.06 bits per heavy atom. The van der Waals surface area contributed by atoms with E-state index in [1.165, 1.54) is 82.7 Å². The summed E-state index contributed by atoms with van der Waals surface area (Å²) in [5.74, 6) is 1.03. The smallest absolute Gasteiger partial charge is 0.141 e. The third-order valence-electron chi connectivity index (χ3n) is 11.5. The normalized spacial score (nSPS) is 13.5. The molecule has 51 heavy (non-hydrogen) atoms. The number of aromatic nitrogens is 2. The van der Waals surface area contributed by atoms with Crippen molar-refractivity contribution in [3.05, 3.63) is 186 Å². The van der Waals surface area contributed by atoms with Gasteiger partial charge in [-0.05, 0) is 108 Å². The number of fused-ring (bicyclic) bond motifs is 15. The van der Waals surface area contributed by atoms with E-state index in [1.807, 2.05) is 0 Å². The molecule has 0 saturated heterocycles. The summed E-state index contributed by atoms with van der Waals surface area (Å²) < 4.78 is 2.37. The van der Waals surface area contributed by atoms with Gasteiger partial charge in [-0.1, -0.05) is 146 Å². The Kier molecular flexibility index (Phi) is 5.95. The highest BCUT2D eigenvalue weighted by Gasteiger charge is 2.52. The predicted octanol–water partition coefficient (Wildman–Crippen LogP) is 12.4. The van der Waals surface area contributed by atoms with Crippen LogP contribution in [0.3, 0.4) is 0 Å². The summed E-state index contributed by atoms with van der Waals surface area (Å²) in [7, 11) is 0. The molecule has 2 aliphatic rings. The summed E-state index contributed by atoms with van der Waals surface area (Å²) in [5, 5.41) is 5.16. The zero-order valence-corrected chi connectivity index (χ0v) is 28.4. The van der Waals surface area contributed by atoms with Crippen LogP contribution in [0.2, 0.25) is 0 Å². The Labute approximate surface area is 297 Å². The summed E-state index contributed by atoms with van der Waals surface area (Å²) in [6.45, 7) is 3.17. The average Bonchev–Trinajstić information content (AvgIpc) is 3.82. The van der Waals surface area contributed by atoms with Crippen molar-refractivity contribution in [3.63, 3.8) is 0 Å². The Morgan fingerprint density at radius 1 is 0.510 bits per heavy atom. The van der Waals surface area contributed by atoms with Gasteiger partial charge in [-0.15, -0.1) is 0 Å². The minimum absolute atomic E-state index is 0.402. The van der Waals surface area contributed by atoms with Crippen LogP contribution in [0, 0.1) is 0 Å². The Bertz CT molecular complexity index is 2840. The molecular formula is C49H34N2. The highest BCUT2D eigenvalue weighted by Crippen LogP contribution is 2.65. The highest BCUT2D eigenvalue weighted by molar-refractivity contribution is 6.11. The molecule has 1 spiro atoms. The van der Waals surface area contributed by atoms with Crippen LogP contribution in [0.1, 0.15) is 35.6 Å². The molecule has 0 atom stereocenters. The first-order valence-electron chi connectivity index (χ1n) is 18.1. The Balaban J connectivity index is 1.15. The van der Waals surface area contributed by atoms with Crippen molar-refractivity contribution in [1.29, 1.82) is 0 Å². The van der Waals surface area contributed by atoms with Crippen LogP contribution in [0.15, 0.2) is 164 Å². The lowest BCUT2D eigenvalue weighted by Crippen LogP contribution is -2.26. The topological polar surface area (TPSA) is 17.8 Å². The van der Waals surface area contributed by atoms with Crippen molar-refractivity contribution in [2.75, 3.05) is 0 Å². The molecule has 0 amide bonds. The zero-order chi connectivity index (χ0) is 33.7. The first-order valence-corrected chi connectivity index (χ1v) is 18.1. The number of hydrogen-bond acceptors (Lipinski definition) is 1. The van der Waals surface area contributed by atoms with E-state index in [0.29, 0.717) is 0 Å². The first-order chi connectivity index (χ1) is 25.3. The van der Waals surface area contributed by atoms with E-state index in [4.69, 9.17) is 4.98 Å². The lowest BCUT2D eigenvalue weighted by molar-refractivity contribution is 0.704. The molecule has 0 fully saturated rings. The van der Waals surface area contributed by atoms with E-state index in [0.717, 1.165) is 29.9 Å². The van der Waals surface area contributed by atoms with E-state index in [1.54, 1.807) is 0 Å². The number of hydrogen-bond donors (Lipinski definition) is 0. The predicted molar refractivity (Wildman–Crippen MR) is 212 cm³/mol. The van der Waals surface area contributed by atoms with Gasteiger partial charge < -0.3 is 4.57 Å². The van der Waals surface area contributed by atoms with Gasteiger partial charge in [0.15, 0.2) is 0 Å². The SMILES string of the molecule is CCCn1c(-c2cccc(-c3ccc4c5c(ccc4c3)-c3c(ccc4ccccc34)C53c4ccccc4-c4ccccc43)c2)nc2ccccc21. The third-order valence-corrected chi connectivity index (χ3v) is 11.5. The van der Waals surface area contributed by atoms with Crippen molar-refractivity contribution in [2.45, 2.75) is 25.3 Å². The number of rotatable bonds is 4. The molecule has 2 heteroatoms. The van der Waals surface area contributed by atoms with Crippen molar-refractivity contribution in [2.24, 2.45) is 0 Å². The number of aryl methyl sites for hydroxylation is 1. The number of nitrogens with zero attached hydrogens (tertiary/aromatic N) is 2. The minimum Gasteiger partial charge on any atom is -0.324 e. The molecule has 0 saturated carbocycles. The summed E-state index contributed by atoms with van der Waals surface area (Å²) in [5.41, 5.74) is 16.3. The highest BCUT2D eigenvalue weighted by atomic mass is 15.1. The van der Waals surface area contributed by atoms with Crippen LogP contribution in [0.25, 0.3) is 77.3 Å². The van der Waals surface area contributed by atoms with Gasteiger partial charge in [-0.3, -0.25) is 0 Å². The van der Waals surface area contributed by atoms with Gasteiger partial charge in [0.05, 0.1) is 16.4 Å². The molecule has 2 nitrogen and oxygen atoms in total. The molecule has 9 aromatic rings. The van der Waals surface area contributed by atoms with Gasteiger partial charge in [0.2, 0.25) is 0 Å². The fourth-order valence-electron chi connectivity index (χ4n) is 9.51. The molecule has 0 unspecified atom stereocenters. The maximum absolute atomic E-state index is 5.11. The van der Waals surface area contributed by atoms with Gasteiger partial charge in [0, 0.05) is 12.1 Å². The molecule has 0 bridgehead atoms. The second-order valence-electron chi connectivity index (χ2n) is 14.1. The van der Waals surface area contributed by atoms with Gasteiger partial charge in [-0.25, -0.2) is 4.98 Å². The molecule has 11 rings (SSSR count). The zero-order valence-electron chi connectivity index (χ0n) is 28.4. The summed E-state index contributed by atoms with van der Waals surface area (Å²) >= 11 is 0. The van der Waals surface area contributed by atoms with Crippen LogP contribution >= 0.6 is 0 Å². The van der Waals surface area contributed by atoms with Crippen LogP contribution in [0.5, 0.6) is 0 Å². The number of benzene rings is 8. The summed E-state index contributed by atoms with van der Waals surface area (Å²) in [6.07, 6.45) is 1.05. The molecule has 8 aromatic carbocycles. The van der Waals surface area contributed by atoms with Gasteiger partial charge in [0.25, 0.3) is 0 Å². The molecule has 0 radical (unpaired) electrons. The molecule has 2 aliphatic carbocycles. The summed E-state index contributed by atoms with van der Waals surface area (Å²) in [6, 6.07) is 61.1. The van der Waals surface area contributed by atoms with E-state index in [9.17, 15) is 0 Å². The van der Waals surface area contributed by atoms with E-state index >= 15 is 0 Å². The van der Waals surface area contributed by atoms with Crippen molar-refractivity contribution >= 4 is 32.6 Å². The Hall–Kier alpha value is -6.25. The van der Waals surface area contributed by atoms with E-state index in [2.05, 4.69) is 175 Å². The molecule has 0 aliphatic heterocycles. The van der Waals surface area contributed by atoms with Gasteiger partial charge in [0.1, 0.15) is 5.82 Å². The molecule has 0 N–H and O–H groups in total. The summed E-state index contributed by atoms with van der Waals surface area (Å²) in [4.78, 5) is 5.11. The first kappa shape index (κ1) is 28.6. The van der Waals surface area contributed by atoms with E-state index < -0.39 is 5.41 Å². The standard InChI is InChI=1S/C49H34N2/c1-2-28-51-45-21-10-9-20-44(45)50-48(51)35-14-11-13-32(30-35)33-22-25-37-34(29-33)23-26-40-46-36-15-4-3-12-31(36)24-27-43(46)49(47(37)40)41-18-7-5-16-38(41)39-17-6-8-19-42(39)49/h3-27,29-30H,2,28H2,1H3. The fourth-order valence-corrected chi connectivity index (χ4v) is 9.51. The van der Waals surface area contributed by atoms with Gasteiger partial charge >= 0.3 is 0 Å². The maximum Gasteiger partial charge on any atom is 0.141 e. The number of imidazole rings is 1. The molecule has 1 heterocycles. The van der Waals surface area contributed by atoms with Crippen molar-refractivity contribution in [3.8, 4) is 44.8 Å².